The van der Waals surface area contributed by atoms with Crippen molar-refractivity contribution in [3.05, 3.63) is 37.2 Å². The molecular formula is C15H18N2O2. The second-order valence-corrected chi connectivity index (χ2v) is 5.29. The first-order valence-electron chi connectivity index (χ1n) is 6.76. The van der Waals surface area contributed by atoms with Crippen LogP contribution in [0.1, 0.15) is 12.8 Å². The van der Waals surface area contributed by atoms with Crippen molar-refractivity contribution in [2.75, 3.05) is 13.1 Å². The van der Waals surface area contributed by atoms with E-state index in [9.17, 15) is 4.79 Å². The van der Waals surface area contributed by atoms with Gasteiger partial charge in [-0.05, 0) is 37.0 Å². The molecule has 0 radical (unpaired) electrons. The van der Waals surface area contributed by atoms with Crippen molar-refractivity contribution in [3.8, 4) is 5.75 Å². The van der Waals surface area contributed by atoms with Crippen LogP contribution < -0.4 is 4.74 Å². The summed E-state index contributed by atoms with van der Waals surface area (Å²) in [6.07, 6.45) is 7.30. The Balaban J connectivity index is 1.66. The number of likely N-dealkylation sites (tertiary alicyclic amines) is 1. The Morgan fingerprint density at radius 2 is 2.37 bits per heavy atom. The van der Waals surface area contributed by atoms with Crippen LogP contribution >= 0.6 is 0 Å². The van der Waals surface area contributed by atoms with E-state index in [-0.39, 0.29) is 12.0 Å². The first-order valence-corrected chi connectivity index (χ1v) is 6.76. The summed E-state index contributed by atoms with van der Waals surface area (Å²) in [5, 5.41) is 0. The smallest absolute Gasteiger partial charge is 0.245 e. The van der Waals surface area contributed by atoms with E-state index in [1.165, 1.54) is 6.08 Å². The van der Waals surface area contributed by atoms with Crippen LogP contribution in [0.25, 0.3) is 0 Å². The lowest BCUT2D eigenvalue weighted by Crippen LogP contribution is -2.31. The van der Waals surface area contributed by atoms with Crippen LogP contribution in [0.4, 0.5) is 0 Å². The molecule has 1 amide bonds. The lowest BCUT2D eigenvalue weighted by molar-refractivity contribution is -0.125. The molecule has 100 valence electrons. The van der Waals surface area contributed by atoms with Gasteiger partial charge in [-0.25, -0.2) is 0 Å². The minimum atomic E-state index is 0.0366. The second kappa shape index (κ2) is 5.03. The lowest BCUT2D eigenvalue weighted by atomic mass is 9.99. The van der Waals surface area contributed by atoms with E-state index in [0.717, 1.165) is 31.7 Å². The third kappa shape index (κ3) is 2.35. The average Bonchev–Trinajstić information content (AvgIpc) is 3.01. The summed E-state index contributed by atoms with van der Waals surface area (Å²) in [5.41, 5.74) is 0. The van der Waals surface area contributed by atoms with Gasteiger partial charge >= 0.3 is 0 Å². The van der Waals surface area contributed by atoms with Gasteiger partial charge in [0.1, 0.15) is 11.9 Å². The van der Waals surface area contributed by atoms with Crippen LogP contribution in [-0.2, 0) is 4.79 Å². The number of ether oxygens (including phenoxy) is 1. The van der Waals surface area contributed by atoms with Gasteiger partial charge in [-0.1, -0.05) is 6.58 Å². The molecule has 2 heterocycles. The van der Waals surface area contributed by atoms with Crippen molar-refractivity contribution >= 4 is 5.91 Å². The molecule has 0 N–H and O–H groups in total. The first kappa shape index (κ1) is 12.2. The quantitative estimate of drug-likeness (QED) is 0.777. The zero-order chi connectivity index (χ0) is 13.2. The monoisotopic (exact) mass is 258 g/mol. The molecule has 1 saturated heterocycles. The second-order valence-electron chi connectivity index (χ2n) is 5.29. The number of aromatic nitrogens is 1. The van der Waals surface area contributed by atoms with E-state index in [4.69, 9.17) is 4.74 Å². The molecule has 0 bridgehead atoms. The molecular weight excluding hydrogens is 240 g/mol. The number of rotatable bonds is 3. The number of fused-ring (bicyclic) bond motifs is 1. The van der Waals surface area contributed by atoms with Gasteiger partial charge in [0.25, 0.3) is 0 Å². The van der Waals surface area contributed by atoms with Crippen LogP contribution in [0.3, 0.4) is 0 Å². The minimum Gasteiger partial charge on any atom is -0.488 e. The van der Waals surface area contributed by atoms with Gasteiger partial charge in [-0.15, -0.1) is 0 Å². The van der Waals surface area contributed by atoms with Crippen molar-refractivity contribution in [2.45, 2.75) is 18.9 Å². The van der Waals surface area contributed by atoms with Crippen molar-refractivity contribution in [1.29, 1.82) is 0 Å². The summed E-state index contributed by atoms with van der Waals surface area (Å²) in [4.78, 5) is 17.6. The molecule has 19 heavy (non-hydrogen) atoms. The standard InChI is InChI=1S/C15H18N2O2/c1-2-15(18)17-9-11-5-6-14(13(11)10-17)19-12-4-3-7-16-8-12/h2-4,7-8,11,13-14H,1,5-6,9-10H2/t11-,13+,14-/m1/s1. The molecule has 0 spiro atoms. The number of hydrogen-bond donors (Lipinski definition) is 0. The number of carbonyl (C=O) groups is 1. The maximum Gasteiger partial charge on any atom is 0.245 e. The van der Waals surface area contributed by atoms with E-state index >= 15 is 0 Å². The summed E-state index contributed by atoms with van der Waals surface area (Å²) in [6, 6.07) is 3.81. The summed E-state index contributed by atoms with van der Waals surface area (Å²) in [5.74, 6) is 1.88. The van der Waals surface area contributed by atoms with Crippen LogP contribution in [0.15, 0.2) is 37.2 Å². The lowest BCUT2D eigenvalue weighted by Gasteiger charge is -2.21. The van der Waals surface area contributed by atoms with E-state index < -0.39 is 0 Å². The predicted molar refractivity (Wildman–Crippen MR) is 71.6 cm³/mol. The van der Waals surface area contributed by atoms with E-state index in [0.29, 0.717) is 11.8 Å². The molecule has 1 saturated carbocycles. The first-order chi connectivity index (χ1) is 9.28. The highest BCUT2D eigenvalue weighted by atomic mass is 16.5. The molecule has 4 nitrogen and oxygen atoms in total. The van der Waals surface area contributed by atoms with Crippen molar-refractivity contribution in [3.63, 3.8) is 0 Å². The third-order valence-electron chi connectivity index (χ3n) is 4.20. The summed E-state index contributed by atoms with van der Waals surface area (Å²) >= 11 is 0. The highest BCUT2D eigenvalue weighted by Gasteiger charge is 2.44. The Labute approximate surface area is 113 Å². The normalized spacial score (nSPS) is 29.1. The topological polar surface area (TPSA) is 42.4 Å². The fourth-order valence-electron chi connectivity index (χ4n) is 3.26. The average molecular weight is 258 g/mol. The van der Waals surface area contributed by atoms with Gasteiger partial charge in [0.2, 0.25) is 5.91 Å². The minimum absolute atomic E-state index is 0.0366. The van der Waals surface area contributed by atoms with Gasteiger partial charge in [0, 0.05) is 25.2 Å². The largest absolute Gasteiger partial charge is 0.488 e. The Morgan fingerprint density at radius 3 is 3.11 bits per heavy atom. The zero-order valence-corrected chi connectivity index (χ0v) is 10.9. The van der Waals surface area contributed by atoms with Crippen LogP contribution in [0.5, 0.6) is 5.75 Å². The Kier molecular flexibility index (Phi) is 3.23. The number of carbonyl (C=O) groups excluding carboxylic acids is 1. The Bertz CT molecular complexity index is 474. The fourth-order valence-corrected chi connectivity index (χ4v) is 3.26. The Hall–Kier alpha value is -1.84. The highest BCUT2D eigenvalue weighted by molar-refractivity contribution is 5.87. The number of amides is 1. The Morgan fingerprint density at radius 1 is 1.47 bits per heavy atom. The predicted octanol–water partition coefficient (Wildman–Crippen LogP) is 1.88. The molecule has 3 atom stereocenters. The van der Waals surface area contributed by atoms with Gasteiger partial charge in [0.15, 0.2) is 0 Å². The van der Waals surface area contributed by atoms with Gasteiger partial charge < -0.3 is 9.64 Å². The van der Waals surface area contributed by atoms with Crippen LogP contribution in [0.2, 0.25) is 0 Å². The number of nitrogens with zero attached hydrogens (tertiary/aromatic N) is 2. The number of pyridine rings is 1. The van der Waals surface area contributed by atoms with Crippen molar-refractivity contribution in [2.24, 2.45) is 11.8 Å². The zero-order valence-electron chi connectivity index (χ0n) is 10.9. The molecule has 2 aliphatic rings. The SMILES string of the molecule is C=CC(=O)N1C[C@H]2CC[C@@H](Oc3cccnc3)[C@H]2C1. The summed E-state index contributed by atoms with van der Waals surface area (Å²) in [7, 11) is 0. The van der Waals surface area contributed by atoms with Crippen LogP contribution in [-0.4, -0.2) is 35.0 Å². The summed E-state index contributed by atoms with van der Waals surface area (Å²) in [6.45, 7) is 5.20. The summed E-state index contributed by atoms with van der Waals surface area (Å²) < 4.78 is 6.02. The molecule has 1 aliphatic carbocycles. The highest BCUT2D eigenvalue weighted by Crippen LogP contribution is 2.40. The van der Waals surface area contributed by atoms with Crippen LogP contribution in [0, 0.1) is 11.8 Å². The van der Waals surface area contributed by atoms with Crippen molar-refractivity contribution in [1.82, 2.24) is 9.88 Å². The number of hydrogen-bond acceptors (Lipinski definition) is 3. The van der Waals surface area contributed by atoms with Gasteiger partial charge in [-0.2, -0.15) is 0 Å². The molecule has 1 aliphatic heterocycles. The molecule has 4 heteroatoms. The molecule has 1 aromatic heterocycles. The maximum absolute atomic E-state index is 11.7. The molecule has 0 unspecified atom stereocenters. The van der Waals surface area contributed by atoms with E-state index in [2.05, 4.69) is 11.6 Å². The fraction of sp³-hybridized carbons (Fsp3) is 0.467. The van der Waals surface area contributed by atoms with Crippen molar-refractivity contribution < 1.29 is 9.53 Å². The maximum atomic E-state index is 11.7. The van der Waals surface area contributed by atoms with E-state index in [1.807, 2.05) is 17.0 Å². The molecule has 1 aromatic rings. The third-order valence-corrected chi connectivity index (χ3v) is 4.20. The van der Waals surface area contributed by atoms with E-state index in [1.54, 1.807) is 12.4 Å². The molecule has 3 rings (SSSR count). The molecule has 2 fully saturated rings. The molecule has 0 aromatic carbocycles. The van der Waals surface area contributed by atoms with Gasteiger partial charge in [-0.3, -0.25) is 9.78 Å². The van der Waals surface area contributed by atoms with Gasteiger partial charge in [0.05, 0.1) is 6.20 Å².